The van der Waals surface area contributed by atoms with Crippen molar-refractivity contribution in [1.82, 2.24) is 0 Å². The molecule has 0 aromatic carbocycles. The molecule has 1 atom stereocenters. The molecule has 6 nitrogen and oxygen atoms in total. The smallest absolute Gasteiger partial charge is 0.859 e. The van der Waals surface area contributed by atoms with Crippen molar-refractivity contribution in [1.29, 1.82) is 0 Å². The molecule has 0 aromatic rings. The average Bonchev–Trinajstić information content (AvgIpc) is 2.29. The number of aliphatic imine (C=N–C) groups is 1. The van der Waals surface area contributed by atoms with Crippen molar-refractivity contribution in [2.24, 2.45) is 4.99 Å². The molecule has 0 rings (SSSR count). The van der Waals surface area contributed by atoms with Crippen LogP contribution in [0.2, 0.25) is 0 Å². The summed E-state index contributed by atoms with van der Waals surface area (Å²) in [6.07, 6.45) is 4.83. The van der Waals surface area contributed by atoms with Gasteiger partial charge in [-0.05, 0) is 25.2 Å². The minimum Gasteiger partial charge on any atom is -0.859 e. The molecule has 0 saturated carbocycles. The van der Waals surface area contributed by atoms with E-state index in [-0.39, 0.29) is 44.2 Å². The SMILES string of the molecule is CCCC/C=C/C([O-])=N[C@@H](CCC(=O)[O-])C(=O)O.[Ca+2]. The molecule has 0 aliphatic rings. The minimum atomic E-state index is -1.36. The second kappa shape index (κ2) is 12.4. The maximum atomic E-state index is 11.3. The van der Waals surface area contributed by atoms with Crippen LogP contribution < -0.4 is 10.2 Å². The number of hydrogen-bond acceptors (Lipinski definition) is 5. The number of aliphatic carboxylic acids is 2. The predicted molar refractivity (Wildman–Crippen MR) is 67.5 cm³/mol. The summed E-state index contributed by atoms with van der Waals surface area (Å²) in [6, 6.07) is -1.33. The summed E-state index contributed by atoms with van der Waals surface area (Å²) >= 11 is 0. The Morgan fingerprint density at radius 1 is 1.37 bits per heavy atom. The summed E-state index contributed by atoms with van der Waals surface area (Å²) < 4.78 is 0. The second-order valence-electron chi connectivity index (χ2n) is 3.78. The standard InChI is InChI=1S/C12H19NO5.Ca/c1-2-3-4-5-6-10(14)13-9(12(17)18)7-8-11(15)16;/h5-6,9H,2-4,7-8H2,1H3,(H,13,14)(H,15,16)(H,17,18);/q;+2/p-2/b6-5+;/t9-;/m0./s1. The van der Waals surface area contributed by atoms with Crippen LogP contribution in [0.25, 0.3) is 0 Å². The van der Waals surface area contributed by atoms with Crippen molar-refractivity contribution >= 4 is 55.6 Å². The van der Waals surface area contributed by atoms with E-state index in [1.807, 2.05) is 6.92 Å². The quantitative estimate of drug-likeness (QED) is 0.256. The Kier molecular flexibility index (Phi) is 13.6. The van der Waals surface area contributed by atoms with Gasteiger partial charge >= 0.3 is 43.7 Å². The van der Waals surface area contributed by atoms with E-state index in [1.165, 1.54) is 6.08 Å². The first-order valence-corrected chi connectivity index (χ1v) is 5.81. The number of carboxylic acid groups (broad SMARTS) is 2. The van der Waals surface area contributed by atoms with Crippen LogP contribution in [-0.4, -0.2) is 66.7 Å². The molecule has 7 heteroatoms. The van der Waals surface area contributed by atoms with E-state index in [4.69, 9.17) is 5.11 Å². The number of hydrogen-bond donors (Lipinski definition) is 1. The largest absolute Gasteiger partial charge is 2.00 e. The van der Waals surface area contributed by atoms with E-state index < -0.39 is 30.3 Å². The fraction of sp³-hybridized carbons (Fsp3) is 0.583. The van der Waals surface area contributed by atoms with E-state index in [9.17, 15) is 19.8 Å². The van der Waals surface area contributed by atoms with Gasteiger partial charge in [0.15, 0.2) is 0 Å². The molecular formula is C12H17CaNO5. The fourth-order valence-corrected chi connectivity index (χ4v) is 1.20. The molecule has 0 aliphatic heterocycles. The van der Waals surface area contributed by atoms with Gasteiger partial charge in [-0.1, -0.05) is 31.9 Å². The van der Waals surface area contributed by atoms with Crippen molar-refractivity contribution < 1.29 is 24.9 Å². The molecule has 1 N–H and O–H groups in total. The van der Waals surface area contributed by atoms with Crippen LogP contribution in [0.15, 0.2) is 17.1 Å². The third-order valence-corrected chi connectivity index (χ3v) is 2.17. The van der Waals surface area contributed by atoms with Gasteiger partial charge in [-0.2, -0.15) is 0 Å². The van der Waals surface area contributed by atoms with Gasteiger partial charge in [-0.3, -0.25) is 4.99 Å². The number of allylic oxidation sites excluding steroid dienone is 1. The zero-order valence-corrected chi connectivity index (χ0v) is 13.2. The van der Waals surface area contributed by atoms with Crippen molar-refractivity contribution in [2.45, 2.75) is 45.1 Å². The van der Waals surface area contributed by atoms with Gasteiger partial charge in [0, 0.05) is 5.97 Å². The summed E-state index contributed by atoms with van der Waals surface area (Å²) in [5, 5.41) is 30.3. The Balaban J connectivity index is 0. The van der Waals surface area contributed by atoms with Gasteiger partial charge in [-0.15, -0.1) is 0 Å². The van der Waals surface area contributed by atoms with E-state index >= 15 is 0 Å². The normalized spacial score (nSPS) is 13.0. The maximum Gasteiger partial charge on any atom is 2.00 e. The first kappa shape index (κ1) is 20.7. The number of carbonyl (C=O) groups excluding carboxylic acids is 1. The van der Waals surface area contributed by atoms with Gasteiger partial charge < -0.3 is 20.1 Å². The monoisotopic (exact) mass is 295 g/mol. The molecule has 0 radical (unpaired) electrons. The third kappa shape index (κ3) is 12.2. The van der Waals surface area contributed by atoms with Crippen molar-refractivity contribution in [3.05, 3.63) is 12.2 Å². The first-order chi connectivity index (χ1) is 8.47. The molecule has 0 saturated heterocycles. The molecular weight excluding hydrogens is 278 g/mol. The van der Waals surface area contributed by atoms with E-state index in [0.29, 0.717) is 0 Å². The van der Waals surface area contributed by atoms with E-state index in [0.717, 1.165) is 19.3 Å². The molecule has 19 heavy (non-hydrogen) atoms. The number of unbranched alkanes of at least 4 members (excludes halogenated alkanes) is 2. The molecule has 102 valence electrons. The Bertz CT molecular complexity index is 341. The summed E-state index contributed by atoms with van der Waals surface area (Å²) in [6.45, 7) is 2.01. The van der Waals surface area contributed by atoms with Crippen molar-refractivity contribution in [3.8, 4) is 0 Å². The molecule has 0 unspecified atom stereocenters. The van der Waals surface area contributed by atoms with Crippen LogP contribution in [0.3, 0.4) is 0 Å². The van der Waals surface area contributed by atoms with Crippen LogP contribution in [0, 0.1) is 0 Å². The Morgan fingerprint density at radius 3 is 2.47 bits per heavy atom. The fourth-order valence-electron chi connectivity index (χ4n) is 1.20. The Morgan fingerprint density at radius 2 is 2.00 bits per heavy atom. The number of nitrogens with zero attached hydrogens (tertiary/aromatic N) is 1. The maximum absolute atomic E-state index is 11.3. The van der Waals surface area contributed by atoms with Crippen LogP contribution in [0.4, 0.5) is 0 Å². The first-order valence-electron chi connectivity index (χ1n) is 5.81. The van der Waals surface area contributed by atoms with Gasteiger partial charge in [0.05, 0.1) is 0 Å². The van der Waals surface area contributed by atoms with Gasteiger partial charge in [0.2, 0.25) is 0 Å². The molecule has 0 bridgehead atoms. The van der Waals surface area contributed by atoms with Crippen LogP contribution >= 0.6 is 0 Å². The molecule has 0 heterocycles. The topological polar surface area (TPSA) is 113 Å². The van der Waals surface area contributed by atoms with E-state index in [1.54, 1.807) is 6.08 Å². The minimum absolute atomic E-state index is 0. The van der Waals surface area contributed by atoms with Crippen molar-refractivity contribution in [2.75, 3.05) is 0 Å². The molecule has 0 spiro atoms. The van der Waals surface area contributed by atoms with Crippen LogP contribution in [0.1, 0.15) is 39.0 Å². The predicted octanol–water partition coefficient (Wildman–Crippen LogP) is -0.906. The average molecular weight is 295 g/mol. The zero-order valence-electron chi connectivity index (χ0n) is 11.0. The van der Waals surface area contributed by atoms with Gasteiger partial charge in [-0.25, -0.2) is 4.79 Å². The van der Waals surface area contributed by atoms with Gasteiger partial charge in [0.25, 0.3) is 0 Å². The van der Waals surface area contributed by atoms with Gasteiger partial charge in [0.1, 0.15) is 6.04 Å². The van der Waals surface area contributed by atoms with Crippen molar-refractivity contribution in [3.63, 3.8) is 0 Å². The Labute approximate surface area is 142 Å². The van der Waals surface area contributed by atoms with E-state index in [2.05, 4.69) is 4.99 Å². The zero-order chi connectivity index (χ0) is 14.0. The summed E-state index contributed by atoms with van der Waals surface area (Å²) in [5.41, 5.74) is 0. The summed E-state index contributed by atoms with van der Waals surface area (Å²) in [5.74, 6) is -3.33. The third-order valence-electron chi connectivity index (χ3n) is 2.17. The summed E-state index contributed by atoms with van der Waals surface area (Å²) in [4.78, 5) is 24.4. The van der Waals surface area contributed by atoms with Crippen LogP contribution in [-0.2, 0) is 9.59 Å². The number of carbonyl (C=O) groups is 2. The Hall–Kier alpha value is -0.590. The number of rotatable bonds is 9. The number of carboxylic acids is 2. The molecule has 0 aliphatic carbocycles. The van der Waals surface area contributed by atoms with Crippen LogP contribution in [0.5, 0.6) is 0 Å². The summed E-state index contributed by atoms with van der Waals surface area (Å²) in [7, 11) is 0. The molecule has 0 amide bonds. The molecule has 0 aromatic heterocycles. The second-order valence-corrected chi connectivity index (χ2v) is 3.78. The molecule has 0 fully saturated rings.